The number of nitrogens with zero attached hydrogens (tertiary/aromatic N) is 2. The molecule has 0 amide bonds. The summed E-state index contributed by atoms with van der Waals surface area (Å²) in [7, 11) is 0. The highest BCUT2D eigenvalue weighted by atomic mass is 15.1. The smallest absolute Gasteiger partial charge is 0.130 e. The summed E-state index contributed by atoms with van der Waals surface area (Å²) in [6, 6.07) is 2.04. The number of anilines is 1. The van der Waals surface area contributed by atoms with Crippen LogP contribution >= 0.6 is 0 Å². The lowest BCUT2D eigenvalue weighted by molar-refractivity contribution is 0.235. The molecule has 1 aromatic rings. The Bertz CT molecular complexity index is 393. The van der Waals surface area contributed by atoms with Crippen LogP contribution in [0.4, 0.5) is 5.82 Å². The summed E-state index contributed by atoms with van der Waals surface area (Å²) in [5.41, 5.74) is 7.13. The second-order valence-electron chi connectivity index (χ2n) is 5.38. The normalized spacial score (nSPS) is 28.1. The van der Waals surface area contributed by atoms with Gasteiger partial charge in [-0.15, -0.1) is 0 Å². The van der Waals surface area contributed by atoms with Crippen molar-refractivity contribution >= 4 is 5.82 Å². The van der Waals surface area contributed by atoms with Crippen LogP contribution in [0.2, 0.25) is 0 Å². The van der Waals surface area contributed by atoms with E-state index >= 15 is 0 Å². The fourth-order valence-corrected chi connectivity index (χ4v) is 2.87. The standard InChI is InChI=1S/C14H24N4/c1-3-12-8-13(17-10-16-12)18-14(9-15)7-5-4-6-11(14)2/h8,10-11H,3-7,9,15H2,1-2H3,(H,16,17,18). The van der Waals surface area contributed by atoms with Gasteiger partial charge in [0.2, 0.25) is 0 Å². The van der Waals surface area contributed by atoms with Gasteiger partial charge in [-0.3, -0.25) is 0 Å². The van der Waals surface area contributed by atoms with Gasteiger partial charge in [0.1, 0.15) is 12.1 Å². The van der Waals surface area contributed by atoms with Gasteiger partial charge in [-0.2, -0.15) is 0 Å². The van der Waals surface area contributed by atoms with Crippen LogP contribution in [0.1, 0.15) is 45.2 Å². The van der Waals surface area contributed by atoms with Crippen molar-refractivity contribution in [3.8, 4) is 0 Å². The molecule has 2 atom stereocenters. The van der Waals surface area contributed by atoms with Crippen molar-refractivity contribution in [2.24, 2.45) is 11.7 Å². The van der Waals surface area contributed by atoms with Gasteiger partial charge in [-0.1, -0.05) is 26.7 Å². The number of rotatable bonds is 4. The number of nitrogens with two attached hydrogens (primary N) is 1. The van der Waals surface area contributed by atoms with Gasteiger partial charge >= 0.3 is 0 Å². The molecule has 1 saturated carbocycles. The van der Waals surface area contributed by atoms with Crippen molar-refractivity contribution in [2.75, 3.05) is 11.9 Å². The van der Waals surface area contributed by atoms with E-state index in [9.17, 15) is 0 Å². The average Bonchev–Trinajstić information content (AvgIpc) is 2.42. The van der Waals surface area contributed by atoms with Gasteiger partial charge in [0.05, 0.1) is 5.54 Å². The van der Waals surface area contributed by atoms with Crippen LogP contribution in [0, 0.1) is 5.92 Å². The molecular weight excluding hydrogens is 224 g/mol. The van der Waals surface area contributed by atoms with E-state index in [1.54, 1.807) is 6.33 Å². The van der Waals surface area contributed by atoms with E-state index in [0.29, 0.717) is 12.5 Å². The summed E-state index contributed by atoms with van der Waals surface area (Å²) in [4.78, 5) is 8.57. The Labute approximate surface area is 109 Å². The third-order valence-corrected chi connectivity index (χ3v) is 4.28. The van der Waals surface area contributed by atoms with E-state index in [1.807, 2.05) is 6.07 Å². The molecule has 1 aliphatic rings. The number of aryl methyl sites for hydroxylation is 1. The highest BCUT2D eigenvalue weighted by Crippen LogP contribution is 2.35. The average molecular weight is 248 g/mol. The Hall–Kier alpha value is -1.16. The van der Waals surface area contributed by atoms with Gasteiger partial charge < -0.3 is 11.1 Å². The maximum atomic E-state index is 6.04. The molecule has 0 aliphatic heterocycles. The Balaban J connectivity index is 2.18. The summed E-state index contributed by atoms with van der Waals surface area (Å²) in [5, 5.41) is 3.59. The second-order valence-corrected chi connectivity index (χ2v) is 5.38. The highest BCUT2D eigenvalue weighted by molar-refractivity contribution is 5.39. The predicted octanol–water partition coefficient (Wildman–Crippen LogP) is 2.36. The van der Waals surface area contributed by atoms with Gasteiger partial charge in [0, 0.05) is 18.3 Å². The first-order chi connectivity index (χ1) is 8.70. The molecule has 2 unspecified atom stereocenters. The first-order valence-electron chi connectivity index (χ1n) is 6.99. The SMILES string of the molecule is CCc1cc(NC2(CN)CCCCC2C)ncn1. The van der Waals surface area contributed by atoms with Crippen molar-refractivity contribution < 1.29 is 0 Å². The lowest BCUT2D eigenvalue weighted by Gasteiger charge is -2.43. The Morgan fingerprint density at radius 2 is 2.28 bits per heavy atom. The van der Waals surface area contributed by atoms with Crippen molar-refractivity contribution in [3.05, 3.63) is 18.1 Å². The molecule has 0 radical (unpaired) electrons. The summed E-state index contributed by atoms with van der Waals surface area (Å²) in [6.45, 7) is 5.06. The molecule has 0 spiro atoms. The molecule has 18 heavy (non-hydrogen) atoms. The zero-order chi connectivity index (χ0) is 13.0. The Morgan fingerprint density at radius 3 is 2.94 bits per heavy atom. The van der Waals surface area contributed by atoms with E-state index in [0.717, 1.165) is 24.4 Å². The molecule has 0 saturated heterocycles. The summed E-state index contributed by atoms with van der Waals surface area (Å²) in [6.07, 6.45) is 7.52. The summed E-state index contributed by atoms with van der Waals surface area (Å²) in [5.74, 6) is 1.51. The molecule has 0 aromatic carbocycles. The van der Waals surface area contributed by atoms with Crippen molar-refractivity contribution in [1.29, 1.82) is 0 Å². The Morgan fingerprint density at radius 1 is 1.44 bits per heavy atom. The first-order valence-corrected chi connectivity index (χ1v) is 6.99. The molecule has 4 nitrogen and oxygen atoms in total. The number of aromatic nitrogens is 2. The largest absolute Gasteiger partial charge is 0.363 e. The lowest BCUT2D eigenvalue weighted by Crippen LogP contribution is -2.52. The van der Waals surface area contributed by atoms with E-state index in [-0.39, 0.29) is 5.54 Å². The highest BCUT2D eigenvalue weighted by Gasteiger charge is 2.37. The quantitative estimate of drug-likeness (QED) is 0.858. The molecule has 1 heterocycles. The van der Waals surface area contributed by atoms with Crippen LogP contribution in [0.15, 0.2) is 12.4 Å². The summed E-state index contributed by atoms with van der Waals surface area (Å²) < 4.78 is 0. The monoisotopic (exact) mass is 248 g/mol. The third-order valence-electron chi connectivity index (χ3n) is 4.28. The molecule has 4 heteroatoms. The van der Waals surface area contributed by atoms with Crippen molar-refractivity contribution in [1.82, 2.24) is 9.97 Å². The minimum absolute atomic E-state index is 0.0115. The van der Waals surface area contributed by atoms with Gasteiger partial charge in [0.15, 0.2) is 0 Å². The van der Waals surface area contributed by atoms with E-state index in [2.05, 4.69) is 29.1 Å². The third kappa shape index (κ3) is 2.64. The molecule has 2 rings (SSSR count). The zero-order valence-electron chi connectivity index (χ0n) is 11.4. The number of hydrogen-bond acceptors (Lipinski definition) is 4. The molecule has 3 N–H and O–H groups in total. The van der Waals surface area contributed by atoms with E-state index < -0.39 is 0 Å². The van der Waals surface area contributed by atoms with Crippen LogP contribution < -0.4 is 11.1 Å². The molecule has 1 aliphatic carbocycles. The molecule has 100 valence electrons. The maximum absolute atomic E-state index is 6.04. The van der Waals surface area contributed by atoms with Crippen molar-refractivity contribution in [3.63, 3.8) is 0 Å². The molecule has 1 aromatic heterocycles. The fraction of sp³-hybridized carbons (Fsp3) is 0.714. The predicted molar refractivity (Wildman–Crippen MR) is 74.5 cm³/mol. The maximum Gasteiger partial charge on any atom is 0.130 e. The fourth-order valence-electron chi connectivity index (χ4n) is 2.87. The van der Waals surface area contributed by atoms with Gasteiger partial charge in [-0.05, 0) is 25.2 Å². The van der Waals surface area contributed by atoms with Crippen LogP contribution in [0.25, 0.3) is 0 Å². The minimum atomic E-state index is 0.0115. The minimum Gasteiger partial charge on any atom is -0.363 e. The van der Waals surface area contributed by atoms with Crippen LogP contribution in [0.5, 0.6) is 0 Å². The van der Waals surface area contributed by atoms with Gasteiger partial charge in [-0.25, -0.2) is 9.97 Å². The summed E-state index contributed by atoms with van der Waals surface area (Å²) >= 11 is 0. The molecule has 1 fully saturated rings. The zero-order valence-corrected chi connectivity index (χ0v) is 11.4. The first kappa shape index (κ1) is 13.3. The van der Waals surface area contributed by atoms with Crippen molar-refractivity contribution in [2.45, 2.75) is 51.5 Å². The molecule has 0 bridgehead atoms. The van der Waals surface area contributed by atoms with E-state index in [4.69, 9.17) is 5.73 Å². The number of hydrogen-bond donors (Lipinski definition) is 2. The molecular formula is C14H24N4. The topological polar surface area (TPSA) is 63.8 Å². The lowest BCUT2D eigenvalue weighted by atomic mass is 9.73. The second kappa shape index (κ2) is 5.65. The van der Waals surface area contributed by atoms with Crippen LogP contribution in [-0.4, -0.2) is 22.1 Å². The van der Waals surface area contributed by atoms with Gasteiger partial charge in [0.25, 0.3) is 0 Å². The Kier molecular flexibility index (Phi) is 4.17. The number of nitrogens with one attached hydrogen (secondary N) is 1. The van der Waals surface area contributed by atoms with Crippen LogP contribution in [0.3, 0.4) is 0 Å². The van der Waals surface area contributed by atoms with E-state index in [1.165, 1.54) is 19.3 Å². The van der Waals surface area contributed by atoms with Crippen LogP contribution in [-0.2, 0) is 6.42 Å².